The highest BCUT2D eigenvalue weighted by Crippen LogP contribution is 2.18. The summed E-state index contributed by atoms with van der Waals surface area (Å²) >= 11 is 0. The molecule has 0 fully saturated rings. The fourth-order valence-electron chi connectivity index (χ4n) is 1.07. The van der Waals surface area contributed by atoms with Crippen LogP contribution in [0.25, 0.3) is 0 Å². The van der Waals surface area contributed by atoms with Crippen molar-refractivity contribution < 1.29 is 4.39 Å². The molecule has 1 rings (SSSR count). The molecular formula is C11H17FN2. The average Bonchev–Trinajstić information content (AvgIpc) is 2.06. The van der Waals surface area contributed by atoms with E-state index in [1.165, 1.54) is 6.07 Å². The minimum Gasteiger partial charge on any atom is -0.368 e. The van der Waals surface area contributed by atoms with Gasteiger partial charge in [0, 0.05) is 12.7 Å². The van der Waals surface area contributed by atoms with E-state index in [1.54, 1.807) is 12.3 Å². The van der Waals surface area contributed by atoms with Crippen LogP contribution in [0.15, 0.2) is 18.3 Å². The molecule has 0 aliphatic carbocycles. The van der Waals surface area contributed by atoms with Crippen molar-refractivity contribution in [3.63, 3.8) is 0 Å². The number of hydrogen-bond acceptors (Lipinski definition) is 2. The lowest BCUT2D eigenvalue weighted by Crippen LogP contribution is -2.14. The third kappa shape index (κ3) is 3.73. The van der Waals surface area contributed by atoms with Gasteiger partial charge in [-0.2, -0.15) is 0 Å². The Morgan fingerprint density at radius 1 is 1.43 bits per heavy atom. The highest BCUT2D eigenvalue weighted by atomic mass is 19.1. The zero-order valence-corrected chi connectivity index (χ0v) is 8.97. The first-order valence-electron chi connectivity index (χ1n) is 4.83. The highest BCUT2D eigenvalue weighted by Gasteiger charge is 2.09. The highest BCUT2D eigenvalue weighted by molar-refractivity contribution is 5.35. The molecule has 0 unspecified atom stereocenters. The molecule has 0 saturated carbocycles. The van der Waals surface area contributed by atoms with E-state index in [9.17, 15) is 4.39 Å². The summed E-state index contributed by atoms with van der Waals surface area (Å²) in [4.78, 5) is 3.91. The Labute approximate surface area is 84.6 Å². The Morgan fingerprint density at radius 3 is 2.71 bits per heavy atom. The number of halogens is 1. The van der Waals surface area contributed by atoms with E-state index in [1.807, 2.05) is 0 Å². The van der Waals surface area contributed by atoms with Gasteiger partial charge >= 0.3 is 0 Å². The third-order valence-corrected chi connectivity index (χ3v) is 1.93. The van der Waals surface area contributed by atoms with Gasteiger partial charge in [0.1, 0.15) is 0 Å². The fourth-order valence-corrected chi connectivity index (χ4v) is 1.07. The second kappa shape index (κ2) is 4.40. The van der Waals surface area contributed by atoms with Crippen LogP contribution in [0.2, 0.25) is 0 Å². The molecule has 3 heteroatoms. The van der Waals surface area contributed by atoms with Gasteiger partial charge in [-0.25, -0.2) is 9.37 Å². The first-order chi connectivity index (χ1) is 6.49. The number of nitrogens with zero attached hydrogens (tertiary/aromatic N) is 1. The van der Waals surface area contributed by atoms with Gasteiger partial charge in [0.15, 0.2) is 11.6 Å². The van der Waals surface area contributed by atoms with Gasteiger partial charge in [-0.3, -0.25) is 0 Å². The number of pyridine rings is 1. The largest absolute Gasteiger partial charge is 0.368 e. The Bertz CT molecular complexity index is 292. The van der Waals surface area contributed by atoms with Crippen LogP contribution >= 0.6 is 0 Å². The van der Waals surface area contributed by atoms with Gasteiger partial charge in [-0.05, 0) is 24.0 Å². The maximum Gasteiger partial charge on any atom is 0.165 e. The minimum atomic E-state index is -0.290. The number of aromatic nitrogens is 1. The van der Waals surface area contributed by atoms with Crippen molar-refractivity contribution in [2.24, 2.45) is 5.41 Å². The summed E-state index contributed by atoms with van der Waals surface area (Å²) < 4.78 is 13.1. The number of anilines is 1. The summed E-state index contributed by atoms with van der Waals surface area (Å²) in [6, 6.07) is 3.00. The number of hydrogen-bond donors (Lipinski definition) is 1. The minimum absolute atomic E-state index is 0.262. The van der Waals surface area contributed by atoms with E-state index in [2.05, 4.69) is 31.1 Å². The molecule has 0 saturated heterocycles. The van der Waals surface area contributed by atoms with Crippen LogP contribution in [0.4, 0.5) is 10.2 Å². The van der Waals surface area contributed by atoms with Crippen LogP contribution in [0, 0.1) is 11.2 Å². The molecule has 0 spiro atoms. The molecule has 0 atom stereocenters. The topological polar surface area (TPSA) is 24.9 Å². The lowest BCUT2D eigenvalue weighted by Gasteiger charge is -2.18. The third-order valence-electron chi connectivity index (χ3n) is 1.93. The van der Waals surface area contributed by atoms with Crippen molar-refractivity contribution >= 4 is 5.82 Å². The lowest BCUT2D eigenvalue weighted by atomic mass is 9.92. The van der Waals surface area contributed by atoms with E-state index in [0.717, 1.165) is 13.0 Å². The summed E-state index contributed by atoms with van der Waals surface area (Å²) in [6.45, 7) is 7.22. The van der Waals surface area contributed by atoms with Crippen molar-refractivity contribution in [1.29, 1.82) is 0 Å². The molecule has 0 radical (unpaired) electrons. The van der Waals surface area contributed by atoms with Gasteiger partial charge in [0.2, 0.25) is 0 Å². The predicted octanol–water partition coefficient (Wildman–Crippen LogP) is 3.07. The molecule has 0 aliphatic rings. The Kier molecular flexibility index (Phi) is 3.44. The number of rotatable bonds is 3. The summed E-state index contributed by atoms with van der Waals surface area (Å²) in [6.07, 6.45) is 2.57. The van der Waals surface area contributed by atoms with E-state index in [0.29, 0.717) is 5.82 Å². The summed E-state index contributed by atoms with van der Waals surface area (Å²) in [5, 5.41) is 2.98. The molecule has 1 aromatic heterocycles. The van der Waals surface area contributed by atoms with Crippen molar-refractivity contribution in [2.45, 2.75) is 27.2 Å². The monoisotopic (exact) mass is 196 g/mol. The van der Waals surface area contributed by atoms with Crippen LogP contribution < -0.4 is 5.32 Å². The first-order valence-corrected chi connectivity index (χ1v) is 4.83. The van der Waals surface area contributed by atoms with Crippen molar-refractivity contribution in [2.75, 3.05) is 11.9 Å². The Hall–Kier alpha value is -1.12. The molecule has 2 nitrogen and oxygen atoms in total. The molecule has 14 heavy (non-hydrogen) atoms. The summed E-state index contributed by atoms with van der Waals surface area (Å²) in [5.74, 6) is 0.0539. The zero-order valence-electron chi connectivity index (χ0n) is 8.97. The maximum absolute atomic E-state index is 13.1. The van der Waals surface area contributed by atoms with Crippen LogP contribution in [-0.4, -0.2) is 11.5 Å². The van der Waals surface area contributed by atoms with Gasteiger partial charge in [0.25, 0.3) is 0 Å². The second-order valence-corrected chi connectivity index (χ2v) is 4.57. The molecule has 0 aliphatic heterocycles. The first kappa shape index (κ1) is 11.0. The van der Waals surface area contributed by atoms with Crippen LogP contribution in [0.5, 0.6) is 0 Å². The normalized spacial score (nSPS) is 11.4. The smallest absolute Gasteiger partial charge is 0.165 e. The van der Waals surface area contributed by atoms with E-state index in [-0.39, 0.29) is 11.2 Å². The zero-order chi connectivity index (χ0) is 10.6. The molecular weight excluding hydrogens is 179 g/mol. The second-order valence-electron chi connectivity index (χ2n) is 4.57. The van der Waals surface area contributed by atoms with Crippen LogP contribution in [0.3, 0.4) is 0 Å². The quantitative estimate of drug-likeness (QED) is 0.803. The summed E-state index contributed by atoms with van der Waals surface area (Å²) in [5.41, 5.74) is 0.262. The maximum atomic E-state index is 13.1. The van der Waals surface area contributed by atoms with Gasteiger partial charge in [-0.15, -0.1) is 0 Å². The van der Waals surface area contributed by atoms with Crippen molar-refractivity contribution in [3.8, 4) is 0 Å². The van der Waals surface area contributed by atoms with E-state index < -0.39 is 0 Å². The molecule has 0 aromatic carbocycles. The van der Waals surface area contributed by atoms with Crippen LogP contribution in [-0.2, 0) is 0 Å². The van der Waals surface area contributed by atoms with Crippen molar-refractivity contribution in [1.82, 2.24) is 4.98 Å². The van der Waals surface area contributed by atoms with Gasteiger partial charge < -0.3 is 5.32 Å². The Morgan fingerprint density at radius 2 is 2.14 bits per heavy atom. The van der Waals surface area contributed by atoms with Gasteiger partial charge in [-0.1, -0.05) is 20.8 Å². The average molecular weight is 196 g/mol. The number of nitrogens with one attached hydrogen (secondary N) is 1. The molecule has 0 bridgehead atoms. The molecule has 1 aromatic rings. The fraction of sp³-hybridized carbons (Fsp3) is 0.545. The SMILES string of the molecule is CC(C)(C)CCNc1ncccc1F. The molecule has 1 heterocycles. The molecule has 0 amide bonds. The Balaban J connectivity index is 2.43. The van der Waals surface area contributed by atoms with E-state index >= 15 is 0 Å². The van der Waals surface area contributed by atoms with E-state index in [4.69, 9.17) is 0 Å². The lowest BCUT2D eigenvalue weighted by molar-refractivity contribution is 0.389. The summed E-state index contributed by atoms with van der Waals surface area (Å²) in [7, 11) is 0. The van der Waals surface area contributed by atoms with Crippen LogP contribution in [0.1, 0.15) is 27.2 Å². The van der Waals surface area contributed by atoms with Gasteiger partial charge in [0.05, 0.1) is 0 Å². The molecule has 78 valence electrons. The predicted molar refractivity (Wildman–Crippen MR) is 56.8 cm³/mol. The standard InChI is InChI=1S/C11H17FN2/c1-11(2,3)6-8-14-10-9(12)5-4-7-13-10/h4-5,7H,6,8H2,1-3H3,(H,13,14). The van der Waals surface area contributed by atoms with Crippen molar-refractivity contribution in [3.05, 3.63) is 24.1 Å². The molecule has 1 N–H and O–H groups in total.